The van der Waals surface area contributed by atoms with Crippen LogP contribution in [0, 0.1) is 0 Å². The van der Waals surface area contributed by atoms with E-state index in [1.54, 1.807) is 36.3 Å². The summed E-state index contributed by atoms with van der Waals surface area (Å²) in [4.78, 5) is 31.9. The van der Waals surface area contributed by atoms with Gasteiger partial charge in [-0.3, -0.25) is 9.59 Å². The molecule has 6 nitrogen and oxygen atoms in total. The summed E-state index contributed by atoms with van der Waals surface area (Å²) in [6.45, 7) is 0.328. The number of methoxy groups -OCH3 is 1. The van der Waals surface area contributed by atoms with Crippen LogP contribution in [0.4, 0.5) is 0 Å². The number of ether oxygens (including phenoxy) is 1. The molecule has 2 N–H and O–H groups in total. The Balaban J connectivity index is 1.52. The summed E-state index contributed by atoms with van der Waals surface area (Å²) in [5.74, 6) is -0.681. The number of aliphatic hydroxyl groups is 1. The molecule has 0 saturated carbocycles. The molecule has 4 aromatic rings. The fraction of sp³-hybridized carbons (Fsp3) is 0.154. The molecule has 5 rings (SSSR count). The van der Waals surface area contributed by atoms with E-state index in [0.29, 0.717) is 18.5 Å². The van der Waals surface area contributed by atoms with Crippen molar-refractivity contribution < 1.29 is 19.4 Å². The van der Waals surface area contributed by atoms with Crippen LogP contribution in [0.15, 0.2) is 76.2 Å². The monoisotopic (exact) mass is 536 g/mol. The van der Waals surface area contributed by atoms with Gasteiger partial charge in [0.2, 0.25) is 0 Å². The normalized spacial score (nSPS) is 17.6. The predicted octanol–water partition coefficient (Wildman–Crippen LogP) is 5.66. The van der Waals surface area contributed by atoms with Crippen molar-refractivity contribution in [2.75, 3.05) is 13.7 Å². The lowest BCUT2D eigenvalue weighted by atomic mass is 10.00. The minimum Gasteiger partial charge on any atom is -0.507 e. The average Bonchev–Trinajstić information content (AvgIpc) is 3.57. The van der Waals surface area contributed by atoms with Crippen molar-refractivity contribution >= 4 is 55.6 Å². The molecule has 0 unspecified atom stereocenters. The minimum absolute atomic E-state index is 0.121. The Kier molecular flexibility index (Phi) is 6.02. The number of likely N-dealkylation sites (tertiary alicyclic amines) is 1. The Morgan fingerprint density at radius 3 is 2.68 bits per heavy atom. The van der Waals surface area contributed by atoms with Gasteiger partial charge in [-0.25, -0.2) is 0 Å². The second-order valence-electron chi connectivity index (χ2n) is 7.99. The Bertz CT molecular complexity index is 1410. The Hall–Kier alpha value is -3.36. The molecule has 8 heteroatoms. The molecule has 1 aliphatic rings. The van der Waals surface area contributed by atoms with Crippen LogP contribution in [-0.2, 0) is 16.0 Å². The van der Waals surface area contributed by atoms with Gasteiger partial charge in [-0.15, -0.1) is 11.3 Å². The number of benzene rings is 2. The van der Waals surface area contributed by atoms with Gasteiger partial charge in [-0.1, -0.05) is 34.1 Å². The third-order valence-corrected chi connectivity index (χ3v) is 7.52. The number of amides is 1. The van der Waals surface area contributed by atoms with Gasteiger partial charge < -0.3 is 19.7 Å². The van der Waals surface area contributed by atoms with Gasteiger partial charge in [0, 0.05) is 38.6 Å². The Labute approximate surface area is 208 Å². The minimum atomic E-state index is -0.667. The largest absolute Gasteiger partial charge is 0.507 e. The molecule has 2 aromatic heterocycles. The standard InChI is InChI=1S/C26H21BrN2O4S/c1-33-18-8-9-20-19(13-18)16(14-28-20)10-11-29-23(21-3-2-12-34-21)22(25(31)26(29)32)24(30)15-4-6-17(27)7-5-15/h2-9,12-14,23,28,30H,10-11H2,1H3/t23-/m0/s1. The zero-order valence-electron chi connectivity index (χ0n) is 18.2. The molecule has 0 aliphatic carbocycles. The molecule has 0 radical (unpaired) electrons. The predicted molar refractivity (Wildman–Crippen MR) is 136 cm³/mol. The molecule has 1 saturated heterocycles. The number of fused-ring (bicyclic) bond motifs is 1. The summed E-state index contributed by atoms with van der Waals surface area (Å²) < 4.78 is 6.21. The summed E-state index contributed by atoms with van der Waals surface area (Å²) in [5.41, 5.74) is 2.61. The number of nitrogens with one attached hydrogen (secondary N) is 1. The summed E-state index contributed by atoms with van der Waals surface area (Å²) in [5, 5.41) is 14.0. The molecule has 1 amide bonds. The lowest BCUT2D eigenvalue weighted by Crippen LogP contribution is -2.31. The Morgan fingerprint density at radius 2 is 1.97 bits per heavy atom. The summed E-state index contributed by atoms with van der Waals surface area (Å²) in [7, 11) is 1.62. The number of carbonyl (C=O) groups excluding carboxylic acids is 2. The molecule has 1 aliphatic heterocycles. The van der Waals surface area contributed by atoms with Crippen molar-refractivity contribution in [1.29, 1.82) is 0 Å². The number of rotatable bonds is 6. The fourth-order valence-electron chi connectivity index (χ4n) is 4.35. The van der Waals surface area contributed by atoms with Gasteiger partial charge in [0.25, 0.3) is 11.7 Å². The maximum Gasteiger partial charge on any atom is 0.295 e. The maximum atomic E-state index is 13.1. The number of carbonyl (C=O) groups is 2. The lowest BCUT2D eigenvalue weighted by Gasteiger charge is -2.24. The van der Waals surface area contributed by atoms with Crippen molar-refractivity contribution in [3.8, 4) is 5.75 Å². The van der Waals surface area contributed by atoms with Gasteiger partial charge in [-0.2, -0.15) is 0 Å². The van der Waals surface area contributed by atoms with Crippen LogP contribution in [0.5, 0.6) is 5.75 Å². The molecular weight excluding hydrogens is 516 g/mol. The maximum absolute atomic E-state index is 13.1. The van der Waals surface area contributed by atoms with Crippen LogP contribution >= 0.6 is 27.3 Å². The second-order valence-corrected chi connectivity index (χ2v) is 9.89. The van der Waals surface area contributed by atoms with Gasteiger partial charge in [0.05, 0.1) is 18.7 Å². The van der Waals surface area contributed by atoms with E-state index in [-0.39, 0.29) is 11.3 Å². The number of Topliss-reactive ketones (excluding diaryl/α,β-unsaturated/α-hetero) is 1. The van der Waals surface area contributed by atoms with Gasteiger partial charge in [0.15, 0.2) is 0 Å². The highest BCUT2D eigenvalue weighted by Gasteiger charge is 2.46. The third-order valence-electron chi connectivity index (χ3n) is 6.07. The third kappa shape index (κ3) is 3.93. The number of aromatic nitrogens is 1. The molecule has 1 fully saturated rings. The van der Waals surface area contributed by atoms with Crippen molar-refractivity contribution in [2.24, 2.45) is 0 Å². The van der Waals surface area contributed by atoms with Gasteiger partial charge >= 0.3 is 0 Å². The van der Waals surface area contributed by atoms with E-state index in [2.05, 4.69) is 20.9 Å². The topological polar surface area (TPSA) is 82.6 Å². The van der Waals surface area contributed by atoms with Crippen LogP contribution in [0.3, 0.4) is 0 Å². The number of aromatic amines is 1. The first kappa shape index (κ1) is 22.4. The van der Waals surface area contributed by atoms with Crippen molar-refractivity contribution in [2.45, 2.75) is 12.5 Å². The lowest BCUT2D eigenvalue weighted by molar-refractivity contribution is -0.139. The molecule has 3 heterocycles. The first-order chi connectivity index (χ1) is 16.5. The number of hydrogen-bond acceptors (Lipinski definition) is 5. The molecule has 0 bridgehead atoms. The first-order valence-electron chi connectivity index (χ1n) is 10.7. The van der Waals surface area contributed by atoms with Crippen LogP contribution in [-0.4, -0.2) is 40.3 Å². The highest BCUT2D eigenvalue weighted by Crippen LogP contribution is 2.41. The summed E-state index contributed by atoms with van der Waals surface area (Å²) in [6, 6.07) is 15.9. The highest BCUT2D eigenvalue weighted by molar-refractivity contribution is 9.10. The Morgan fingerprint density at radius 1 is 1.18 bits per heavy atom. The molecule has 172 valence electrons. The fourth-order valence-corrected chi connectivity index (χ4v) is 5.46. The number of ketones is 1. The van der Waals surface area contributed by atoms with E-state index in [9.17, 15) is 14.7 Å². The van der Waals surface area contributed by atoms with E-state index >= 15 is 0 Å². The molecular formula is C26H21BrN2O4S. The number of halogens is 1. The van der Waals surface area contributed by atoms with Gasteiger partial charge in [0.1, 0.15) is 11.5 Å². The van der Waals surface area contributed by atoms with Crippen LogP contribution in [0.1, 0.15) is 22.0 Å². The van der Waals surface area contributed by atoms with E-state index in [4.69, 9.17) is 4.74 Å². The average molecular weight is 537 g/mol. The highest BCUT2D eigenvalue weighted by atomic mass is 79.9. The zero-order chi connectivity index (χ0) is 23.8. The van der Waals surface area contributed by atoms with Gasteiger partial charge in [-0.05, 0) is 53.8 Å². The van der Waals surface area contributed by atoms with E-state index < -0.39 is 17.7 Å². The van der Waals surface area contributed by atoms with Crippen molar-refractivity contribution in [1.82, 2.24) is 9.88 Å². The first-order valence-corrected chi connectivity index (χ1v) is 12.4. The number of nitrogens with zero attached hydrogens (tertiary/aromatic N) is 1. The summed E-state index contributed by atoms with van der Waals surface area (Å²) in [6.07, 6.45) is 2.46. The summed E-state index contributed by atoms with van der Waals surface area (Å²) >= 11 is 4.84. The van der Waals surface area contributed by atoms with Crippen molar-refractivity contribution in [3.05, 3.63) is 92.2 Å². The molecule has 0 spiro atoms. The van der Waals surface area contributed by atoms with E-state index in [1.807, 2.05) is 41.9 Å². The molecule has 1 atom stereocenters. The number of hydrogen-bond donors (Lipinski definition) is 2. The number of thiophene rings is 1. The smallest absolute Gasteiger partial charge is 0.295 e. The zero-order valence-corrected chi connectivity index (χ0v) is 20.7. The number of aliphatic hydroxyl groups excluding tert-OH is 1. The molecule has 34 heavy (non-hydrogen) atoms. The van der Waals surface area contributed by atoms with Crippen LogP contribution in [0.25, 0.3) is 16.7 Å². The quantitative estimate of drug-likeness (QED) is 0.189. The van der Waals surface area contributed by atoms with Crippen molar-refractivity contribution in [3.63, 3.8) is 0 Å². The van der Waals surface area contributed by atoms with Crippen LogP contribution in [0.2, 0.25) is 0 Å². The van der Waals surface area contributed by atoms with E-state index in [0.717, 1.165) is 31.6 Å². The second kappa shape index (κ2) is 9.12. The number of H-pyrrole nitrogens is 1. The van der Waals surface area contributed by atoms with Crippen LogP contribution < -0.4 is 4.74 Å². The SMILES string of the molecule is COc1ccc2[nH]cc(CCN3C(=O)C(=O)C(=C(O)c4ccc(Br)cc4)[C@@H]3c3cccs3)c2c1. The molecule has 2 aromatic carbocycles. The van der Waals surface area contributed by atoms with E-state index in [1.165, 1.54) is 11.3 Å².